The molecule has 0 N–H and O–H groups in total. The van der Waals surface area contributed by atoms with Crippen molar-refractivity contribution in [1.29, 1.82) is 0 Å². The average Bonchev–Trinajstić information content (AvgIpc) is 3.20. The van der Waals surface area contributed by atoms with Gasteiger partial charge in [0.05, 0.1) is 26.1 Å². The van der Waals surface area contributed by atoms with E-state index >= 15 is 0 Å². The van der Waals surface area contributed by atoms with Gasteiger partial charge in [-0.05, 0) is 43.0 Å². The van der Waals surface area contributed by atoms with Gasteiger partial charge >= 0.3 is 6.09 Å². The van der Waals surface area contributed by atoms with Gasteiger partial charge in [0.25, 0.3) is 0 Å². The summed E-state index contributed by atoms with van der Waals surface area (Å²) in [4.78, 5) is 21.4. The van der Waals surface area contributed by atoms with Crippen molar-refractivity contribution in [1.82, 2.24) is 9.97 Å². The van der Waals surface area contributed by atoms with E-state index in [9.17, 15) is 4.79 Å². The molecule has 26 heavy (non-hydrogen) atoms. The zero-order chi connectivity index (χ0) is 18.4. The first kappa shape index (κ1) is 18.0. The second kappa shape index (κ2) is 8.51. The third-order valence-corrected chi connectivity index (χ3v) is 4.43. The molecule has 0 unspecified atom stereocenters. The monoisotopic (exact) mass is 357 g/mol. The van der Waals surface area contributed by atoms with Gasteiger partial charge in [0.2, 0.25) is 11.8 Å². The van der Waals surface area contributed by atoms with Crippen molar-refractivity contribution >= 4 is 11.8 Å². The number of nitrogens with zero attached hydrogens (tertiary/aromatic N) is 3. The molecule has 1 aromatic heterocycles. The fourth-order valence-corrected chi connectivity index (χ4v) is 2.93. The normalized spacial score (nSPS) is 14.1. The van der Waals surface area contributed by atoms with Gasteiger partial charge in [0.15, 0.2) is 0 Å². The number of benzene rings is 1. The van der Waals surface area contributed by atoms with Gasteiger partial charge in [-0.25, -0.2) is 4.79 Å². The van der Waals surface area contributed by atoms with Crippen LogP contribution in [0.2, 0.25) is 0 Å². The minimum atomic E-state index is -0.434. The van der Waals surface area contributed by atoms with E-state index in [1.54, 1.807) is 37.5 Å². The molecular formula is C19H23N3O4. The number of hydrogen-bond donors (Lipinski definition) is 0. The Labute approximate surface area is 152 Å². The topological polar surface area (TPSA) is 73.8 Å². The molecule has 0 spiro atoms. The number of methoxy groups -OCH3 is 1. The van der Waals surface area contributed by atoms with E-state index in [0.717, 1.165) is 0 Å². The maximum absolute atomic E-state index is 11.5. The third kappa shape index (κ3) is 4.62. The molecule has 1 aromatic carbocycles. The van der Waals surface area contributed by atoms with Crippen molar-refractivity contribution in [3.63, 3.8) is 0 Å². The van der Waals surface area contributed by atoms with Gasteiger partial charge in [-0.2, -0.15) is 4.98 Å². The van der Waals surface area contributed by atoms with Gasteiger partial charge in [-0.15, -0.1) is 0 Å². The fourth-order valence-electron chi connectivity index (χ4n) is 2.93. The summed E-state index contributed by atoms with van der Waals surface area (Å²) < 4.78 is 16.2. The van der Waals surface area contributed by atoms with E-state index in [1.807, 2.05) is 0 Å². The molecule has 1 aliphatic carbocycles. The van der Waals surface area contributed by atoms with Gasteiger partial charge in [0.1, 0.15) is 5.75 Å². The maximum Gasteiger partial charge on any atom is 0.413 e. The number of carbonyl (C=O) groups is 1. The second-order valence-corrected chi connectivity index (χ2v) is 6.28. The largest absolute Gasteiger partial charge is 0.476 e. The molecule has 0 saturated heterocycles. The van der Waals surface area contributed by atoms with Crippen LogP contribution in [0.25, 0.3) is 0 Å². The van der Waals surface area contributed by atoms with Crippen molar-refractivity contribution in [3.05, 3.63) is 36.7 Å². The fraction of sp³-hybridized carbons (Fsp3) is 0.421. The Kier molecular flexibility index (Phi) is 5.88. The minimum Gasteiger partial charge on any atom is -0.476 e. The quantitative estimate of drug-likeness (QED) is 0.777. The Bertz CT molecular complexity index is 730. The van der Waals surface area contributed by atoms with Crippen LogP contribution in [0.3, 0.4) is 0 Å². The van der Waals surface area contributed by atoms with Crippen molar-refractivity contribution in [2.24, 2.45) is 5.92 Å². The van der Waals surface area contributed by atoms with Crippen LogP contribution in [0.4, 0.5) is 10.5 Å². The zero-order valence-electron chi connectivity index (χ0n) is 15.1. The first-order valence-corrected chi connectivity index (χ1v) is 8.70. The Morgan fingerprint density at radius 1 is 1.15 bits per heavy atom. The predicted molar refractivity (Wildman–Crippen MR) is 96.8 cm³/mol. The molecule has 0 atom stereocenters. The summed E-state index contributed by atoms with van der Waals surface area (Å²) in [6.45, 7) is 0.673. The molecule has 1 aliphatic rings. The number of carbonyl (C=O) groups excluding carboxylic acids is 1. The summed E-state index contributed by atoms with van der Waals surface area (Å²) in [5.41, 5.74) is 0.698. The number of rotatable bonds is 6. The van der Waals surface area contributed by atoms with Crippen LogP contribution in [-0.2, 0) is 4.74 Å². The Morgan fingerprint density at radius 2 is 1.85 bits per heavy atom. The lowest BCUT2D eigenvalue weighted by atomic mass is 10.1. The highest BCUT2D eigenvalue weighted by Gasteiger charge is 2.16. The number of amides is 1. The van der Waals surface area contributed by atoms with Crippen molar-refractivity contribution < 1.29 is 19.0 Å². The third-order valence-electron chi connectivity index (χ3n) is 4.43. The summed E-state index contributed by atoms with van der Waals surface area (Å²) in [6.07, 6.45) is 7.70. The lowest BCUT2D eigenvalue weighted by Crippen LogP contribution is -2.25. The molecule has 1 fully saturated rings. The first-order valence-electron chi connectivity index (χ1n) is 8.70. The lowest BCUT2D eigenvalue weighted by molar-refractivity contribution is 0.180. The highest BCUT2D eigenvalue weighted by atomic mass is 16.5. The molecule has 3 rings (SSSR count). The number of hydrogen-bond acceptors (Lipinski definition) is 6. The Balaban J connectivity index is 1.59. The van der Waals surface area contributed by atoms with E-state index in [2.05, 4.69) is 14.7 Å². The molecule has 1 saturated carbocycles. The SMILES string of the molecule is COC(=O)N(C)c1ccc(Oc2cncc(OCC3CCCC3)n2)cc1. The van der Waals surface area contributed by atoms with E-state index in [0.29, 0.717) is 35.7 Å². The highest BCUT2D eigenvalue weighted by molar-refractivity contribution is 5.86. The second-order valence-electron chi connectivity index (χ2n) is 6.28. The molecule has 1 amide bonds. The van der Waals surface area contributed by atoms with Crippen LogP contribution < -0.4 is 14.4 Å². The molecule has 0 radical (unpaired) electrons. The summed E-state index contributed by atoms with van der Waals surface area (Å²) in [5.74, 6) is 2.04. The Morgan fingerprint density at radius 3 is 2.54 bits per heavy atom. The number of anilines is 1. The summed E-state index contributed by atoms with van der Waals surface area (Å²) in [7, 11) is 2.98. The molecule has 2 aromatic rings. The summed E-state index contributed by atoms with van der Waals surface area (Å²) in [5, 5.41) is 0. The van der Waals surface area contributed by atoms with E-state index in [-0.39, 0.29) is 0 Å². The summed E-state index contributed by atoms with van der Waals surface area (Å²) >= 11 is 0. The van der Waals surface area contributed by atoms with Crippen LogP contribution in [0, 0.1) is 5.92 Å². The average molecular weight is 357 g/mol. The van der Waals surface area contributed by atoms with Gasteiger partial charge in [-0.3, -0.25) is 9.88 Å². The van der Waals surface area contributed by atoms with Gasteiger partial charge in [0, 0.05) is 12.7 Å². The maximum atomic E-state index is 11.5. The molecule has 7 nitrogen and oxygen atoms in total. The standard InChI is InChI=1S/C19H23N3O4/c1-22(19(23)24-2)15-7-9-16(10-8-15)26-18-12-20-11-17(21-18)25-13-14-5-3-4-6-14/h7-12,14H,3-6,13H2,1-2H3. The van der Waals surface area contributed by atoms with E-state index in [1.165, 1.54) is 43.9 Å². The molecule has 7 heteroatoms. The lowest BCUT2D eigenvalue weighted by Gasteiger charge is -2.15. The van der Waals surface area contributed by atoms with Crippen molar-refractivity contribution in [3.8, 4) is 17.5 Å². The minimum absolute atomic E-state index is 0.364. The predicted octanol–water partition coefficient (Wildman–Crippen LogP) is 4.04. The number of aromatic nitrogens is 2. The van der Waals surface area contributed by atoms with Crippen LogP contribution in [0.1, 0.15) is 25.7 Å². The smallest absolute Gasteiger partial charge is 0.413 e. The number of ether oxygens (including phenoxy) is 3. The Hall–Kier alpha value is -2.83. The van der Waals surface area contributed by atoms with E-state index in [4.69, 9.17) is 9.47 Å². The van der Waals surface area contributed by atoms with Gasteiger partial charge in [-0.1, -0.05) is 12.8 Å². The van der Waals surface area contributed by atoms with Crippen LogP contribution >= 0.6 is 0 Å². The molecular weight excluding hydrogens is 334 g/mol. The van der Waals surface area contributed by atoms with Crippen molar-refractivity contribution in [2.75, 3.05) is 25.7 Å². The first-order chi connectivity index (χ1) is 12.7. The molecule has 0 aliphatic heterocycles. The highest BCUT2D eigenvalue weighted by Crippen LogP contribution is 2.26. The van der Waals surface area contributed by atoms with Gasteiger partial charge < -0.3 is 14.2 Å². The molecule has 1 heterocycles. The van der Waals surface area contributed by atoms with E-state index < -0.39 is 6.09 Å². The molecule has 138 valence electrons. The van der Waals surface area contributed by atoms with Crippen LogP contribution in [-0.4, -0.2) is 36.8 Å². The zero-order valence-corrected chi connectivity index (χ0v) is 15.1. The molecule has 0 bridgehead atoms. The van der Waals surface area contributed by atoms with Crippen molar-refractivity contribution in [2.45, 2.75) is 25.7 Å². The van der Waals surface area contributed by atoms with Crippen LogP contribution in [0.15, 0.2) is 36.7 Å². The van der Waals surface area contributed by atoms with Crippen LogP contribution in [0.5, 0.6) is 17.5 Å². The summed E-state index contributed by atoms with van der Waals surface area (Å²) in [6, 6.07) is 7.03.